The molecule has 1 aliphatic carbocycles. The van der Waals surface area contributed by atoms with Crippen LogP contribution >= 0.6 is 0 Å². The van der Waals surface area contributed by atoms with Gasteiger partial charge in [-0.1, -0.05) is 26.2 Å². The molecule has 14 heavy (non-hydrogen) atoms. The molecule has 0 amide bonds. The van der Waals surface area contributed by atoms with Crippen molar-refractivity contribution in [2.45, 2.75) is 51.6 Å². The second-order valence-corrected chi connectivity index (χ2v) is 4.45. The first-order chi connectivity index (χ1) is 6.86. The van der Waals surface area contributed by atoms with E-state index in [9.17, 15) is 0 Å². The van der Waals surface area contributed by atoms with E-state index in [4.69, 9.17) is 4.74 Å². The number of nitrogens with one attached hydrogen (secondary N) is 1. The van der Waals surface area contributed by atoms with Crippen molar-refractivity contribution < 1.29 is 4.74 Å². The fourth-order valence-electron chi connectivity index (χ4n) is 2.24. The Kier molecular flexibility index (Phi) is 6.20. The van der Waals surface area contributed by atoms with E-state index in [0.717, 1.165) is 19.1 Å². The number of rotatable bonds is 7. The van der Waals surface area contributed by atoms with E-state index in [0.29, 0.717) is 6.10 Å². The molecular weight excluding hydrogens is 174 g/mol. The quantitative estimate of drug-likeness (QED) is 0.680. The van der Waals surface area contributed by atoms with Gasteiger partial charge in [0.05, 0.1) is 6.10 Å². The molecule has 1 saturated carbocycles. The van der Waals surface area contributed by atoms with Gasteiger partial charge in [0.1, 0.15) is 0 Å². The zero-order valence-corrected chi connectivity index (χ0v) is 9.72. The molecule has 0 aromatic rings. The highest BCUT2D eigenvalue weighted by Gasteiger charge is 2.17. The second-order valence-electron chi connectivity index (χ2n) is 4.45. The Morgan fingerprint density at radius 1 is 1.36 bits per heavy atom. The van der Waals surface area contributed by atoms with Crippen LogP contribution in [0.5, 0.6) is 0 Å². The normalized spacial score (nSPS) is 20.1. The molecule has 0 radical (unpaired) electrons. The molecule has 2 heteroatoms. The van der Waals surface area contributed by atoms with E-state index in [1.807, 2.05) is 7.05 Å². The molecular formula is C12H25NO. The van der Waals surface area contributed by atoms with Crippen LogP contribution in [0.25, 0.3) is 0 Å². The van der Waals surface area contributed by atoms with E-state index in [2.05, 4.69) is 12.2 Å². The molecule has 1 aliphatic rings. The molecule has 1 rings (SSSR count). The van der Waals surface area contributed by atoms with Crippen LogP contribution in [-0.2, 0) is 4.74 Å². The minimum Gasteiger partial charge on any atom is -0.377 e. The Bertz CT molecular complexity index is 126. The average molecular weight is 199 g/mol. The van der Waals surface area contributed by atoms with Crippen molar-refractivity contribution >= 4 is 0 Å². The van der Waals surface area contributed by atoms with Crippen LogP contribution in [0.1, 0.15) is 45.4 Å². The number of ether oxygens (including phenoxy) is 1. The highest BCUT2D eigenvalue weighted by molar-refractivity contribution is 4.68. The van der Waals surface area contributed by atoms with Crippen molar-refractivity contribution in [2.75, 3.05) is 20.2 Å². The van der Waals surface area contributed by atoms with E-state index in [1.165, 1.54) is 38.5 Å². The maximum atomic E-state index is 5.94. The molecule has 0 spiro atoms. The van der Waals surface area contributed by atoms with Crippen LogP contribution in [0.3, 0.4) is 0 Å². The van der Waals surface area contributed by atoms with Crippen LogP contribution < -0.4 is 5.32 Å². The van der Waals surface area contributed by atoms with E-state index in [-0.39, 0.29) is 0 Å². The van der Waals surface area contributed by atoms with Gasteiger partial charge >= 0.3 is 0 Å². The van der Waals surface area contributed by atoms with E-state index in [1.54, 1.807) is 0 Å². The van der Waals surface area contributed by atoms with Crippen molar-refractivity contribution in [3.8, 4) is 0 Å². The molecule has 84 valence electrons. The largest absolute Gasteiger partial charge is 0.377 e. The number of hydrogen-bond donors (Lipinski definition) is 1. The lowest BCUT2D eigenvalue weighted by atomic mass is 10.1. The molecule has 1 atom stereocenters. The molecule has 1 fully saturated rings. The van der Waals surface area contributed by atoms with Gasteiger partial charge < -0.3 is 10.1 Å². The van der Waals surface area contributed by atoms with Crippen LogP contribution in [0.4, 0.5) is 0 Å². The first-order valence-electron chi connectivity index (χ1n) is 6.13. The Labute approximate surface area is 88.4 Å². The van der Waals surface area contributed by atoms with Crippen LogP contribution in [0.15, 0.2) is 0 Å². The summed E-state index contributed by atoms with van der Waals surface area (Å²) in [7, 11) is 2.00. The monoisotopic (exact) mass is 199 g/mol. The summed E-state index contributed by atoms with van der Waals surface area (Å²) in [5, 5.41) is 3.20. The van der Waals surface area contributed by atoms with Gasteiger partial charge in [0.2, 0.25) is 0 Å². The first-order valence-corrected chi connectivity index (χ1v) is 6.13. The Morgan fingerprint density at radius 3 is 2.64 bits per heavy atom. The summed E-state index contributed by atoms with van der Waals surface area (Å²) in [6.07, 6.45) is 8.45. The summed E-state index contributed by atoms with van der Waals surface area (Å²) in [6.45, 7) is 4.22. The minimum absolute atomic E-state index is 0.436. The van der Waals surface area contributed by atoms with Crippen LogP contribution in [0, 0.1) is 5.92 Å². The first kappa shape index (κ1) is 12.0. The number of hydrogen-bond acceptors (Lipinski definition) is 2. The summed E-state index contributed by atoms with van der Waals surface area (Å²) < 4.78 is 5.94. The maximum Gasteiger partial charge on any atom is 0.0699 e. The van der Waals surface area contributed by atoms with Gasteiger partial charge in [-0.15, -0.1) is 0 Å². The lowest BCUT2D eigenvalue weighted by Crippen LogP contribution is -2.28. The number of likely N-dealkylation sites (N-methyl/N-ethyl adjacent to an activating group) is 1. The van der Waals surface area contributed by atoms with E-state index < -0.39 is 0 Å². The van der Waals surface area contributed by atoms with Crippen molar-refractivity contribution in [3.05, 3.63) is 0 Å². The molecule has 0 aromatic heterocycles. The standard InChI is InChI=1S/C12H25NO/c1-3-6-12(9-13-2)14-10-11-7-4-5-8-11/h11-13H,3-10H2,1-2H3. The van der Waals surface area contributed by atoms with Gasteiger partial charge in [-0.2, -0.15) is 0 Å². The second kappa shape index (κ2) is 7.24. The lowest BCUT2D eigenvalue weighted by Gasteiger charge is -2.19. The van der Waals surface area contributed by atoms with Gasteiger partial charge in [-0.25, -0.2) is 0 Å². The smallest absolute Gasteiger partial charge is 0.0699 e. The SMILES string of the molecule is CCCC(CNC)OCC1CCCC1. The molecule has 1 unspecified atom stereocenters. The zero-order valence-electron chi connectivity index (χ0n) is 9.72. The van der Waals surface area contributed by atoms with Gasteiger partial charge in [-0.05, 0) is 32.2 Å². The molecule has 0 aromatic carbocycles. The van der Waals surface area contributed by atoms with Crippen molar-refractivity contribution in [1.82, 2.24) is 5.32 Å². The third kappa shape index (κ3) is 4.43. The summed E-state index contributed by atoms with van der Waals surface area (Å²) in [5.41, 5.74) is 0. The fraction of sp³-hybridized carbons (Fsp3) is 1.00. The summed E-state index contributed by atoms with van der Waals surface area (Å²) in [5.74, 6) is 0.853. The Hall–Kier alpha value is -0.0800. The zero-order chi connectivity index (χ0) is 10.2. The fourth-order valence-corrected chi connectivity index (χ4v) is 2.24. The topological polar surface area (TPSA) is 21.3 Å². The maximum absolute atomic E-state index is 5.94. The average Bonchev–Trinajstić information content (AvgIpc) is 2.67. The van der Waals surface area contributed by atoms with Gasteiger partial charge in [-0.3, -0.25) is 0 Å². The van der Waals surface area contributed by atoms with Crippen LogP contribution in [0.2, 0.25) is 0 Å². The predicted octanol–water partition coefficient (Wildman–Crippen LogP) is 2.58. The lowest BCUT2D eigenvalue weighted by molar-refractivity contribution is 0.0263. The van der Waals surface area contributed by atoms with Gasteiger partial charge in [0.25, 0.3) is 0 Å². The molecule has 0 heterocycles. The minimum atomic E-state index is 0.436. The van der Waals surface area contributed by atoms with Gasteiger partial charge in [0, 0.05) is 13.2 Å². The van der Waals surface area contributed by atoms with Crippen molar-refractivity contribution in [3.63, 3.8) is 0 Å². The van der Waals surface area contributed by atoms with Crippen molar-refractivity contribution in [1.29, 1.82) is 0 Å². The molecule has 0 bridgehead atoms. The predicted molar refractivity (Wildman–Crippen MR) is 60.5 cm³/mol. The third-order valence-corrected chi connectivity index (χ3v) is 3.08. The molecule has 1 N–H and O–H groups in total. The summed E-state index contributed by atoms with van der Waals surface area (Å²) in [6, 6.07) is 0. The molecule has 0 saturated heterocycles. The molecule has 2 nitrogen and oxygen atoms in total. The highest BCUT2D eigenvalue weighted by Crippen LogP contribution is 2.25. The molecule has 0 aliphatic heterocycles. The summed E-state index contributed by atoms with van der Waals surface area (Å²) in [4.78, 5) is 0. The van der Waals surface area contributed by atoms with Crippen molar-refractivity contribution in [2.24, 2.45) is 5.92 Å². The Balaban J connectivity index is 2.10. The summed E-state index contributed by atoms with van der Waals surface area (Å²) >= 11 is 0. The van der Waals surface area contributed by atoms with E-state index >= 15 is 0 Å². The van der Waals surface area contributed by atoms with Gasteiger partial charge in [0.15, 0.2) is 0 Å². The third-order valence-electron chi connectivity index (χ3n) is 3.08. The highest BCUT2D eigenvalue weighted by atomic mass is 16.5. The van der Waals surface area contributed by atoms with Crippen LogP contribution in [-0.4, -0.2) is 26.3 Å². The Morgan fingerprint density at radius 2 is 2.07 bits per heavy atom.